The van der Waals surface area contributed by atoms with Crippen LogP contribution in [0.3, 0.4) is 0 Å². The van der Waals surface area contributed by atoms with Crippen molar-refractivity contribution in [2.75, 3.05) is 6.61 Å². The number of carbonyl (C=O) groups excluding carboxylic acids is 1. The molecule has 0 bridgehead atoms. The number of ether oxygens (including phenoxy) is 1. The van der Waals surface area contributed by atoms with Gasteiger partial charge in [-0.3, -0.25) is 0 Å². The Morgan fingerprint density at radius 1 is 0.947 bits per heavy atom. The summed E-state index contributed by atoms with van der Waals surface area (Å²) in [7, 11) is 0. The minimum atomic E-state index is -0.330. The topological polar surface area (TPSA) is 38.3 Å². The van der Waals surface area contributed by atoms with Crippen LogP contribution in [-0.4, -0.2) is 12.7 Å². The van der Waals surface area contributed by atoms with Crippen molar-refractivity contribution in [3.63, 3.8) is 0 Å². The average molecular weight is 253 g/mol. The molecule has 2 aromatic carbocycles. The number of carbonyl (C=O) groups is 1. The number of cyclic esters (lactones) is 1. The maximum absolute atomic E-state index is 11.2. The second-order valence-electron chi connectivity index (χ2n) is 4.61. The molecule has 1 amide bonds. The fourth-order valence-electron chi connectivity index (χ4n) is 2.31. The van der Waals surface area contributed by atoms with Gasteiger partial charge in [0.1, 0.15) is 0 Å². The lowest BCUT2D eigenvalue weighted by molar-refractivity contribution is 0.115. The lowest BCUT2D eigenvalue weighted by Gasteiger charge is -2.23. The summed E-state index contributed by atoms with van der Waals surface area (Å²) >= 11 is 0. The van der Waals surface area contributed by atoms with Crippen LogP contribution in [-0.2, 0) is 4.74 Å². The van der Waals surface area contributed by atoms with Crippen molar-refractivity contribution in [2.24, 2.45) is 0 Å². The van der Waals surface area contributed by atoms with Crippen LogP contribution < -0.4 is 5.32 Å². The first-order valence-electron chi connectivity index (χ1n) is 6.41. The van der Waals surface area contributed by atoms with E-state index in [1.54, 1.807) is 0 Å². The quantitative estimate of drug-likeness (QED) is 0.889. The summed E-state index contributed by atoms with van der Waals surface area (Å²) in [6.07, 6.45) is 0.486. The van der Waals surface area contributed by atoms with Crippen LogP contribution in [0, 0.1) is 0 Å². The minimum absolute atomic E-state index is 0.0612. The van der Waals surface area contributed by atoms with Gasteiger partial charge in [-0.05, 0) is 16.7 Å². The van der Waals surface area contributed by atoms with Gasteiger partial charge in [0.2, 0.25) is 0 Å². The molecular weight excluding hydrogens is 238 g/mol. The summed E-state index contributed by atoms with van der Waals surface area (Å²) in [6, 6.07) is 18.6. The molecule has 0 spiro atoms. The Morgan fingerprint density at radius 3 is 2.32 bits per heavy atom. The largest absolute Gasteiger partial charge is 0.449 e. The van der Waals surface area contributed by atoms with Crippen molar-refractivity contribution < 1.29 is 9.53 Å². The van der Waals surface area contributed by atoms with Gasteiger partial charge in [-0.15, -0.1) is 0 Å². The van der Waals surface area contributed by atoms with Crippen LogP contribution in [0.1, 0.15) is 18.0 Å². The van der Waals surface area contributed by atoms with Gasteiger partial charge in [-0.1, -0.05) is 54.6 Å². The highest BCUT2D eigenvalue weighted by Crippen LogP contribution is 2.24. The first-order chi connectivity index (χ1) is 9.33. The Kier molecular flexibility index (Phi) is 3.19. The van der Waals surface area contributed by atoms with E-state index in [0.29, 0.717) is 6.61 Å². The van der Waals surface area contributed by atoms with Gasteiger partial charge in [0.25, 0.3) is 0 Å². The molecule has 0 radical (unpaired) electrons. The van der Waals surface area contributed by atoms with Gasteiger partial charge in [0.15, 0.2) is 0 Å². The summed E-state index contributed by atoms with van der Waals surface area (Å²) in [5.41, 5.74) is 3.50. The van der Waals surface area contributed by atoms with E-state index in [1.165, 1.54) is 11.1 Å². The molecule has 1 saturated heterocycles. The van der Waals surface area contributed by atoms with Gasteiger partial charge in [-0.2, -0.15) is 0 Å². The second kappa shape index (κ2) is 5.14. The SMILES string of the molecule is O=C1N[C@H](c2ccc(-c3ccccc3)cc2)CCO1. The third kappa shape index (κ3) is 2.60. The molecule has 1 heterocycles. The molecule has 3 heteroatoms. The summed E-state index contributed by atoms with van der Waals surface area (Å²) in [4.78, 5) is 11.2. The number of amides is 1. The summed E-state index contributed by atoms with van der Waals surface area (Å²) in [5, 5.41) is 2.83. The van der Waals surface area contributed by atoms with Gasteiger partial charge < -0.3 is 10.1 Å². The molecule has 0 saturated carbocycles. The molecule has 0 unspecified atom stereocenters. The number of hydrogen-bond acceptors (Lipinski definition) is 2. The number of rotatable bonds is 2. The minimum Gasteiger partial charge on any atom is -0.449 e. The maximum Gasteiger partial charge on any atom is 0.407 e. The van der Waals surface area contributed by atoms with E-state index >= 15 is 0 Å². The van der Waals surface area contributed by atoms with Crippen molar-refractivity contribution in [1.29, 1.82) is 0 Å². The molecular formula is C16H15NO2. The molecule has 1 N–H and O–H groups in total. The van der Waals surface area contributed by atoms with E-state index in [1.807, 2.05) is 18.2 Å². The third-order valence-electron chi connectivity index (χ3n) is 3.35. The molecule has 0 aliphatic carbocycles. The van der Waals surface area contributed by atoms with Crippen molar-refractivity contribution in [1.82, 2.24) is 5.32 Å². The predicted molar refractivity (Wildman–Crippen MR) is 73.7 cm³/mol. The lowest BCUT2D eigenvalue weighted by Crippen LogP contribution is -2.35. The van der Waals surface area contributed by atoms with E-state index in [0.717, 1.165) is 12.0 Å². The predicted octanol–water partition coefficient (Wildman–Crippen LogP) is 3.52. The van der Waals surface area contributed by atoms with E-state index in [9.17, 15) is 4.79 Å². The maximum atomic E-state index is 11.2. The number of benzene rings is 2. The van der Waals surface area contributed by atoms with Crippen molar-refractivity contribution in [2.45, 2.75) is 12.5 Å². The van der Waals surface area contributed by atoms with E-state index < -0.39 is 0 Å². The van der Waals surface area contributed by atoms with Crippen LogP contribution in [0.15, 0.2) is 54.6 Å². The average Bonchev–Trinajstić information content (AvgIpc) is 2.48. The zero-order valence-corrected chi connectivity index (χ0v) is 10.5. The summed E-state index contributed by atoms with van der Waals surface area (Å²) in [6.45, 7) is 0.483. The Balaban J connectivity index is 1.81. The van der Waals surface area contributed by atoms with Gasteiger partial charge >= 0.3 is 6.09 Å². The van der Waals surface area contributed by atoms with E-state index in [2.05, 4.69) is 41.7 Å². The summed E-state index contributed by atoms with van der Waals surface area (Å²) < 4.78 is 4.87. The molecule has 0 aromatic heterocycles. The molecule has 2 aromatic rings. The first-order valence-corrected chi connectivity index (χ1v) is 6.41. The van der Waals surface area contributed by atoms with Crippen LogP contribution in [0.2, 0.25) is 0 Å². The molecule has 1 aliphatic rings. The molecule has 3 nitrogen and oxygen atoms in total. The monoisotopic (exact) mass is 253 g/mol. The van der Waals surface area contributed by atoms with E-state index in [-0.39, 0.29) is 12.1 Å². The Bertz CT molecular complexity index is 563. The van der Waals surface area contributed by atoms with Crippen LogP contribution in [0.25, 0.3) is 11.1 Å². The highest BCUT2D eigenvalue weighted by Gasteiger charge is 2.20. The molecule has 96 valence electrons. The Morgan fingerprint density at radius 2 is 1.63 bits per heavy atom. The highest BCUT2D eigenvalue weighted by atomic mass is 16.5. The van der Waals surface area contributed by atoms with Crippen LogP contribution in [0.5, 0.6) is 0 Å². The summed E-state index contributed by atoms with van der Waals surface area (Å²) in [5.74, 6) is 0. The Hall–Kier alpha value is -2.29. The highest BCUT2D eigenvalue weighted by molar-refractivity contribution is 5.69. The number of nitrogens with one attached hydrogen (secondary N) is 1. The number of hydrogen-bond donors (Lipinski definition) is 1. The third-order valence-corrected chi connectivity index (χ3v) is 3.35. The normalized spacial score (nSPS) is 18.5. The smallest absolute Gasteiger partial charge is 0.407 e. The zero-order chi connectivity index (χ0) is 13.1. The fraction of sp³-hybridized carbons (Fsp3) is 0.188. The molecule has 1 aliphatic heterocycles. The van der Waals surface area contributed by atoms with Gasteiger partial charge in [0, 0.05) is 6.42 Å². The van der Waals surface area contributed by atoms with Gasteiger partial charge in [0.05, 0.1) is 12.6 Å². The van der Waals surface area contributed by atoms with Gasteiger partial charge in [-0.25, -0.2) is 4.79 Å². The fourth-order valence-corrected chi connectivity index (χ4v) is 2.31. The standard InChI is InChI=1S/C16H15NO2/c18-16-17-15(10-11-19-16)14-8-6-13(7-9-14)12-4-2-1-3-5-12/h1-9,15H,10-11H2,(H,17,18)/t15-/m0/s1. The molecule has 1 fully saturated rings. The van der Waals surface area contributed by atoms with Crippen molar-refractivity contribution in [3.8, 4) is 11.1 Å². The number of alkyl carbamates (subject to hydrolysis) is 1. The molecule has 3 rings (SSSR count). The second-order valence-corrected chi connectivity index (χ2v) is 4.61. The van der Waals surface area contributed by atoms with Crippen molar-refractivity contribution in [3.05, 3.63) is 60.2 Å². The first kappa shape index (κ1) is 11.8. The lowest BCUT2D eigenvalue weighted by atomic mass is 9.99. The van der Waals surface area contributed by atoms with Crippen molar-refractivity contribution >= 4 is 6.09 Å². The van der Waals surface area contributed by atoms with E-state index in [4.69, 9.17) is 4.74 Å². The van der Waals surface area contributed by atoms with Crippen LogP contribution >= 0.6 is 0 Å². The zero-order valence-electron chi connectivity index (χ0n) is 10.5. The Labute approximate surface area is 112 Å². The molecule has 19 heavy (non-hydrogen) atoms. The molecule has 1 atom stereocenters. The van der Waals surface area contributed by atoms with Crippen LogP contribution in [0.4, 0.5) is 4.79 Å².